The van der Waals surface area contributed by atoms with Gasteiger partial charge in [0.1, 0.15) is 11.5 Å². The monoisotopic (exact) mass is 348 g/mol. The minimum Gasteiger partial charge on any atom is -0.312 e. The van der Waals surface area contributed by atoms with Crippen molar-refractivity contribution in [2.45, 2.75) is 18.9 Å². The Hall–Kier alpha value is -3.00. The van der Waals surface area contributed by atoms with Gasteiger partial charge in [-0.3, -0.25) is 13.8 Å². The van der Waals surface area contributed by atoms with Gasteiger partial charge in [0.2, 0.25) is 0 Å². The van der Waals surface area contributed by atoms with Crippen molar-refractivity contribution in [2.75, 3.05) is 13.1 Å². The Morgan fingerprint density at radius 1 is 1.15 bits per heavy atom. The van der Waals surface area contributed by atoms with Crippen LogP contribution in [0.4, 0.5) is 0 Å². The summed E-state index contributed by atoms with van der Waals surface area (Å²) >= 11 is 0. The SMILES string of the molecule is CCC1(n2cc(-c3nc(-c4cnn(C)c4)cc4nccn34)cn2)CNC1. The Bertz CT molecular complexity index is 1080. The van der Waals surface area contributed by atoms with Crippen molar-refractivity contribution >= 4 is 5.65 Å². The first kappa shape index (κ1) is 15.3. The maximum atomic E-state index is 4.89. The second-order valence-corrected chi connectivity index (χ2v) is 6.88. The first-order valence-electron chi connectivity index (χ1n) is 8.78. The van der Waals surface area contributed by atoms with Crippen molar-refractivity contribution in [3.63, 3.8) is 0 Å². The third-order valence-corrected chi connectivity index (χ3v) is 5.28. The highest BCUT2D eigenvalue weighted by Gasteiger charge is 2.37. The summed E-state index contributed by atoms with van der Waals surface area (Å²) in [7, 11) is 1.90. The van der Waals surface area contributed by atoms with Crippen LogP contribution >= 0.6 is 0 Å². The highest BCUT2D eigenvalue weighted by molar-refractivity contribution is 5.68. The summed E-state index contributed by atoms with van der Waals surface area (Å²) in [5, 5.41) is 12.3. The van der Waals surface area contributed by atoms with Crippen molar-refractivity contribution in [1.82, 2.24) is 39.2 Å². The number of nitrogens with one attached hydrogen (secondary N) is 1. The van der Waals surface area contributed by atoms with Crippen LogP contribution in [-0.2, 0) is 12.6 Å². The minimum absolute atomic E-state index is 0.0767. The molecule has 1 aliphatic rings. The maximum absolute atomic E-state index is 4.89. The van der Waals surface area contributed by atoms with Gasteiger partial charge in [-0.25, -0.2) is 9.97 Å². The molecule has 0 aromatic carbocycles. The van der Waals surface area contributed by atoms with Gasteiger partial charge < -0.3 is 5.32 Å². The zero-order valence-corrected chi connectivity index (χ0v) is 14.8. The number of hydrogen-bond donors (Lipinski definition) is 1. The summed E-state index contributed by atoms with van der Waals surface area (Å²) in [5.41, 5.74) is 3.75. The van der Waals surface area contributed by atoms with Crippen LogP contribution in [0.5, 0.6) is 0 Å². The average molecular weight is 348 g/mol. The van der Waals surface area contributed by atoms with E-state index in [2.05, 4.69) is 38.3 Å². The number of hydrogen-bond acceptors (Lipinski definition) is 5. The summed E-state index contributed by atoms with van der Waals surface area (Å²) in [5.74, 6) is 0.837. The molecule has 0 spiro atoms. The highest BCUT2D eigenvalue weighted by Crippen LogP contribution is 2.29. The molecule has 4 aromatic heterocycles. The van der Waals surface area contributed by atoms with Crippen LogP contribution in [0.1, 0.15) is 13.3 Å². The number of aromatic nitrogens is 7. The summed E-state index contributed by atoms with van der Waals surface area (Å²) in [6.45, 7) is 4.11. The van der Waals surface area contributed by atoms with Gasteiger partial charge in [0, 0.05) is 56.6 Å². The van der Waals surface area contributed by atoms with E-state index < -0.39 is 0 Å². The Kier molecular flexibility index (Phi) is 3.23. The van der Waals surface area contributed by atoms with Crippen LogP contribution in [0.25, 0.3) is 28.3 Å². The molecule has 8 nitrogen and oxygen atoms in total. The Labute approximate surface area is 150 Å². The molecule has 8 heteroatoms. The van der Waals surface area contributed by atoms with E-state index in [4.69, 9.17) is 4.98 Å². The van der Waals surface area contributed by atoms with E-state index >= 15 is 0 Å². The van der Waals surface area contributed by atoms with Crippen molar-refractivity contribution in [1.29, 1.82) is 0 Å². The molecule has 1 saturated heterocycles. The molecule has 0 bridgehead atoms. The fourth-order valence-corrected chi connectivity index (χ4v) is 3.51. The van der Waals surface area contributed by atoms with Crippen molar-refractivity contribution in [2.24, 2.45) is 7.05 Å². The molecule has 0 amide bonds. The van der Waals surface area contributed by atoms with Gasteiger partial charge in [0.15, 0.2) is 0 Å². The van der Waals surface area contributed by atoms with Crippen LogP contribution in [0.15, 0.2) is 43.2 Å². The number of fused-ring (bicyclic) bond motifs is 1. The lowest BCUT2D eigenvalue weighted by Crippen LogP contribution is -2.60. The van der Waals surface area contributed by atoms with E-state index in [0.29, 0.717) is 0 Å². The van der Waals surface area contributed by atoms with Crippen LogP contribution < -0.4 is 5.32 Å². The molecule has 0 saturated carbocycles. The zero-order valence-electron chi connectivity index (χ0n) is 14.8. The van der Waals surface area contributed by atoms with E-state index in [1.807, 2.05) is 42.3 Å². The average Bonchev–Trinajstić information content (AvgIpc) is 3.33. The standard InChI is InChI=1S/C18H20N8/c1-3-18(11-19-12-18)26-10-14(8-22-26)17-23-15(13-7-21-24(2)9-13)6-16-20-4-5-25(16)17/h4-10,19H,3,11-12H2,1-2H3. The van der Waals surface area contributed by atoms with Gasteiger partial charge >= 0.3 is 0 Å². The largest absolute Gasteiger partial charge is 0.312 e. The van der Waals surface area contributed by atoms with Gasteiger partial charge in [-0.1, -0.05) is 6.92 Å². The molecule has 0 atom stereocenters. The minimum atomic E-state index is 0.0767. The normalized spacial score (nSPS) is 16.1. The Balaban J connectivity index is 1.64. The van der Waals surface area contributed by atoms with Crippen molar-refractivity contribution < 1.29 is 0 Å². The zero-order chi connectivity index (χ0) is 17.7. The number of rotatable bonds is 4. The van der Waals surface area contributed by atoms with Gasteiger partial charge in [-0.05, 0) is 6.42 Å². The quantitative estimate of drug-likeness (QED) is 0.607. The molecule has 0 aliphatic carbocycles. The van der Waals surface area contributed by atoms with Gasteiger partial charge in [-0.15, -0.1) is 0 Å². The number of nitrogens with zero attached hydrogens (tertiary/aromatic N) is 7. The molecule has 5 rings (SSSR count). The molecule has 0 unspecified atom stereocenters. The first-order chi connectivity index (χ1) is 12.7. The number of aryl methyl sites for hydroxylation is 1. The van der Waals surface area contributed by atoms with Gasteiger partial charge in [-0.2, -0.15) is 10.2 Å². The predicted molar refractivity (Wildman–Crippen MR) is 97.5 cm³/mol. The van der Waals surface area contributed by atoms with Crippen LogP contribution in [0, 0.1) is 0 Å². The lowest BCUT2D eigenvalue weighted by atomic mass is 9.90. The summed E-state index contributed by atoms with van der Waals surface area (Å²) in [4.78, 5) is 9.35. The molecule has 1 fully saturated rings. The highest BCUT2D eigenvalue weighted by atomic mass is 15.4. The first-order valence-corrected chi connectivity index (χ1v) is 8.78. The van der Waals surface area contributed by atoms with Crippen LogP contribution in [0.3, 0.4) is 0 Å². The fourth-order valence-electron chi connectivity index (χ4n) is 3.51. The van der Waals surface area contributed by atoms with Gasteiger partial charge in [0.05, 0.1) is 29.2 Å². The predicted octanol–water partition coefficient (Wildman–Crippen LogP) is 1.70. The summed E-state index contributed by atoms with van der Waals surface area (Å²) in [6.07, 6.45) is 12.5. The third kappa shape index (κ3) is 2.19. The topological polar surface area (TPSA) is 77.9 Å². The van der Waals surface area contributed by atoms with Gasteiger partial charge in [0.25, 0.3) is 0 Å². The van der Waals surface area contributed by atoms with Crippen molar-refractivity contribution in [3.8, 4) is 22.6 Å². The molecule has 0 radical (unpaired) electrons. The second kappa shape index (κ2) is 5.50. The summed E-state index contributed by atoms with van der Waals surface area (Å²) in [6, 6.07) is 1.98. The third-order valence-electron chi connectivity index (χ3n) is 5.28. The van der Waals surface area contributed by atoms with Crippen LogP contribution in [0.2, 0.25) is 0 Å². The second-order valence-electron chi connectivity index (χ2n) is 6.88. The molecule has 1 N–H and O–H groups in total. The van der Waals surface area contributed by atoms with E-state index in [1.165, 1.54) is 0 Å². The van der Waals surface area contributed by atoms with E-state index in [0.717, 1.165) is 47.8 Å². The molecule has 4 aromatic rings. The van der Waals surface area contributed by atoms with E-state index in [-0.39, 0.29) is 5.54 Å². The number of imidazole rings is 1. The molecule has 5 heterocycles. The Morgan fingerprint density at radius 2 is 2.00 bits per heavy atom. The molecule has 1 aliphatic heterocycles. The lowest BCUT2D eigenvalue weighted by molar-refractivity contribution is 0.149. The summed E-state index contributed by atoms with van der Waals surface area (Å²) < 4.78 is 5.86. The smallest absolute Gasteiger partial charge is 0.149 e. The van der Waals surface area contributed by atoms with Crippen LogP contribution in [-0.4, -0.2) is 47.0 Å². The molecule has 26 heavy (non-hydrogen) atoms. The molecule has 132 valence electrons. The van der Waals surface area contributed by atoms with Crippen molar-refractivity contribution in [3.05, 3.63) is 43.2 Å². The lowest BCUT2D eigenvalue weighted by Gasteiger charge is -2.42. The molecular formula is C18H20N8. The van der Waals surface area contributed by atoms with E-state index in [1.54, 1.807) is 10.9 Å². The fraction of sp³-hybridized carbons (Fsp3) is 0.333. The molecular weight excluding hydrogens is 328 g/mol. The Morgan fingerprint density at radius 3 is 2.69 bits per heavy atom. The maximum Gasteiger partial charge on any atom is 0.149 e. The van der Waals surface area contributed by atoms with E-state index in [9.17, 15) is 0 Å².